The molecule has 0 aliphatic rings. The highest BCUT2D eigenvalue weighted by Crippen LogP contribution is 2.36. The molecular formula is C15H23ClO. The van der Waals surface area contributed by atoms with Crippen molar-refractivity contribution in [3.63, 3.8) is 0 Å². The Morgan fingerprint density at radius 2 is 1.53 bits per heavy atom. The van der Waals surface area contributed by atoms with Crippen LogP contribution in [0.15, 0.2) is 12.1 Å². The molecule has 2 atom stereocenters. The van der Waals surface area contributed by atoms with Gasteiger partial charge in [0, 0.05) is 0 Å². The molecule has 0 radical (unpaired) electrons. The molecule has 1 nitrogen and oxygen atoms in total. The second-order valence-electron chi connectivity index (χ2n) is 5.19. The van der Waals surface area contributed by atoms with Crippen molar-refractivity contribution in [3.05, 3.63) is 28.8 Å². The van der Waals surface area contributed by atoms with E-state index in [1.165, 1.54) is 5.56 Å². The van der Waals surface area contributed by atoms with Crippen molar-refractivity contribution in [3.8, 4) is 5.75 Å². The van der Waals surface area contributed by atoms with Gasteiger partial charge in [0.2, 0.25) is 0 Å². The maximum Gasteiger partial charge on any atom is 0.124 e. The zero-order valence-corrected chi connectivity index (χ0v) is 12.4. The van der Waals surface area contributed by atoms with Gasteiger partial charge >= 0.3 is 0 Å². The summed E-state index contributed by atoms with van der Waals surface area (Å²) in [6.45, 7) is 10.8. The molecule has 2 unspecified atom stereocenters. The summed E-state index contributed by atoms with van der Waals surface area (Å²) in [5.74, 6) is 2.01. The van der Waals surface area contributed by atoms with E-state index in [4.69, 9.17) is 16.3 Å². The van der Waals surface area contributed by atoms with Crippen LogP contribution in [0.5, 0.6) is 5.75 Å². The maximum absolute atomic E-state index is 6.55. The molecule has 0 heterocycles. The Balaban J connectivity index is 3.08. The largest absolute Gasteiger partial charge is 0.496 e. The first-order chi connectivity index (χ1) is 7.88. The third-order valence-electron chi connectivity index (χ3n) is 3.52. The van der Waals surface area contributed by atoms with Crippen molar-refractivity contribution < 1.29 is 4.74 Å². The van der Waals surface area contributed by atoms with Gasteiger partial charge in [-0.25, -0.2) is 0 Å². The summed E-state index contributed by atoms with van der Waals surface area (Å²) in [4.78, 5) is 0. The Morgan fingerprint density at radius 1 is 1.06 bits per heavy atom. The molecule has 0 bridgehead atoms. The molecule has 17 heavy (non-hydrogen) atoms. The lowest BCUT2D eigenvalue weighted by molar-refractivity contribution is 0.401. The Morgan fingerprint density at radius 3 is 1.88 bits per heavy atom. The molecule has 1 aromatic carbocycles. The van der Waals surface area contributed by atoms with Crippen LogP contribution in [0.1, 0.15) is 42.8 Å². The fraction of sp³-hybridized carbons (Fsp3) is 0.600. The van der Waals surface area contributed by atoms with Gasteiger partial charge in [0.1, 0.15) is 5.75 Å². The average Bonchev–Trinajstić information content (AvgIpc) is 2.26. The van der Waals surface area contributed by atoms with E-state index in [2.05, 4.69) is 46.8 Å². The van der Waals surface area contributed by atoms with E-state index < -0.39 is 0 Å². The van der Waals surface area contributed by atoms with Gasteiger partial charge in [-0.3, -0.25) is 0 Å². The van der Waals surface area contributed by atoms with E-state index in [0.717, 1.165) is 16.9 Å². The number of hydrogen-bond acceptors (Lipinski definition) is 1. The quantitative estimate of drug-likeness (QED) is 0.696. The van der Waals surface area contributed by atoms with Crippen molar-refractivity contribution in [1.82, 2.24) is 0 Å². The number of hydrogen-bond donors (Lipinski definition) is 0. The van der Waals surface area contributed by atoms with Crippen molar-refractivity contribution in [2.45, 2.75) is 40.0 Å². The number of alkyl halides is 1. The lowest BCUT2D eigenvalue weighted by atomic mass is 9.89. The Kier molecular flexibility index (Phi) is 4.88. The van der Waals surface area contributed by atoms with Gasteiger partial charge < -0.3 is 4.74 Å². The van der Waals surface area contributed by atoms with Crippen LogP contribution in [0.4, 0.5) is 0 Å². The molecule has 0 spiro atoms. The van der Waals surface area contributed by atoms with Gasteiger partial charge in [-0.1, -0.05) is 32.9 Å². The number of rotatable bonds is 4. The molecule has 96 valence electrons. The first kappa shape index (κ1) is 14.4. The Bertz CT molecular complexity index is 362. The van der Waals surface area contributed by atoms with E-state index in [1.54, 1.807) is 7.11 Å². The van der Waals surface area contributed by atoms with E-state index in [9.17, 15) is 0 Å². The summed E-state index contributed by atoms with van der Waals surface area (Å²) in [6.07, 6.45) is 0. The molecule has 0 N–H and O–H groups in total. The number of benzene rings is 1. The molecule has 1 rings (SSSR count). The molecule has 0 amide bonds. The predicted molar refractivity (Wildman–Crippen MR) is 75.1 cm³/mol. The first-order valence-electron chi connectivity index (χ1n) is 6.17. The number of ether oxygens (including phenoxy) is 1. The summed E-state index contributed by atoms with van der Waals surface area (Å²) < 4.78 is 5.38. The SMILES string of the molecule is COc1c(C)cc(C(Cl)C(C)C(C)C)cc1C. The first-order valence-corrected chi connectivity index (χ1v) is 6.61. The molecule has 0 aliphatic heterocycles. The minimum atomic E-state index is 0.0679. The van der Waals surface area contributed by atoms with E-state index in [1.807, 2.05) is 0 Å². The third-order valence-corrected chi connectivity index (χ3v) is 4.17. The zero-order chi connectivity index (χ0) is 13.2. The maximum atomic E-state index is 6.55. The lowest BCUT2D eigenvalue weighted by Crippen LogP contribution is -2.11. The van der Waals surface area contributed by atoms with Gasteiger partial charge in [0.05, 0.1) is 12.5 Å². The summed E-state index contributed by atoms with van der Waals surface area (Å²) in [5, 5.41) is 0.0679. The highest BCUT2D eigenvalue weighted by molar-refractivity contribution is 6.21. The molecular weight excluding hydrogens is 232 g/mol. The highest BCUT2D eigenvalue weighted by atomic mass is 35.5. The lowest BCUT2D eigenvalue weighted by Gasteiger charge is -2.23. The molecule has 1 aromatic rings. The monoisotopic (exact) mass is 254 g/mol. The van der Waals surface area contributed by atoms with Crippen molar-refractivity contribution in [2.75, 3.05) is 7.11 Å². The summed E-state index contributed by atoms with van der Waals surface area (Å²) in [6, 6.07) is 4.28. The van der Waals surface area contributed by atoms with E-state index in [0.29, 0.717) is 11.8 Å². The summed E-state index contributed by atoms with van der Waals surface area (Å²) in [5.41, 5.74) is 3.51. The normalized spacial score (nSPS) is 14.8. The van der Waals surface area contributed by atoms with Crippen molar-refractivity contribution in [1.29, 1.82) is 0 Å². The van der Waals surface area contributed by atoms with E-state index in [-0.39, 0.29) is 5.38 Å². The molecule has 0 aromatic heterocycles. The average molecular weight is 255 g/mol. The number of methoxy groups -OCH3 is 1. The van der Waals surface area contributed by atoms with Gasteiger partial charge in [0.15, 0.2) is 0 Å². The highest BCUT2D eigenvalue weighted by Gasteiger charge is 2.21. The van der Waals surface area contributed by atoms with Crippen LogP contribution in [-0.4, -0.2) is 7.11 Å². The van der Waals surface area contributed by atoms with Crippen LogP contribution < -0.4 is 4.74 Å². The van der Waals surface area contributed by atoms with Gasteiger partial charge in [-0.05, 0) is 42.4 Å². The summed E-state index contributed by atoms with van der Waals surface area (Å²) >= 11 is 6.55. The van der Waals surface area contributed by atoms with Crippen LogP contribution in [0.25, 0.3) is 0 Å². The van der Waals surface area contributed by atoms with Crippen LogP contribution >= 0.6 is 11.6 Å². The van der Waals surface area contributed by atoms with Crippen molar-refractivity contribution in [2.24, 2.45) is 11.8 Å². The molecule has 0 saturated carbocycles. The Labute approximate surface area is 110 Å². The predicted octanol–water partition coefficient (Wildman–Crippen LogP) is 4.88. The molecule has 0 saturated heterocycles. The van der Waals surface area contributed by atoms with Crippen molar-refractivity contribution >= 4 is 11.6 Å². The topological polar surface area (TPSA) is 9.23 Å². The van der Waals surface area contributed by atoms with Crippen LogP contribution in [0, 0.1) is 25.7 Å². The minimum absolute atomic E-state index is 0.0679. The van der Waals surface area contributed by atoms with Gasteiger partial charge in [-0.15, -0.1) is 11.6 Å². The number of halogens is 1. The van der Waals surface area contributed by atoms with Crippen LogP contribution in [0.2, 0.25) is 0 Å². The third kappa shape index (κ3) is 3.16. The standard InChI is InChI=1S/C15H23ClO/c1-9(2)12(5)14(16)13-7-10(3)15(17-6)11(4)8-13/h7-9,12,14H,1-6H3. The number of aryl methyl sites for hydroxylation is 2. The molecule has 2 heteroatoms. The van der Waals surface area contributed by atoms with Gasteiger partial charge in [-0.2, -0.15) is 0 Å². The molecule has 0 aliphatic carbocycles. The minimum Gasteiger partial charge on any atom is -0.496 e. The van der Waals surface area contributed by atoms with Crippen LogP contribution in [0.3, 0.4) is 0 Å². The summed E-state index contributed by atoms with van der Waals surface area (Å²) in [7, 11) is 1.71. The second-order valence-corrected chi connectivity index (χ2v) is 5.66. The fourth-order valence-corrected chi connectivity index (χ4v) is 2.52. The van der Waals surface area contributed by atoms with Crippen LogP contribution in [-0.2, 0) is 0 Å². The smallest absolute Gasteiger partial charge is 0.124 e. The molecule has 0 fully saturated rings. The van der Waals surface area contributed by atoms with E-state index >= 15 is 0 Å². The second kappa shape index (κ2) is 5.77. The zero-order valence-electron chi connectivity index (χ0n) is 11.7. The van der Waals surface area contributed by atoms with Gasteiger partial charge in [0.25, 0.3) is 0 Å². The fourth-order valence-electron chi connectivity index (χ4n) is 2.11. The Hall–Kier alpha value is -0.690.